The van der Waals surface area contributed by atoms with E-state index in [1.807, 2.05) is 0 Å². The topological polar surface area (TPSA) is 66.8 Å². The van der Waals surface area contributed by atoms with Gasteiger partial charge in [0.25, 0.3) is 5.91 Å². The molecule has 0 aliphatic heterocycles. The molecule has 12 heavy (non-hydrogen) atoms. The number of carboxylic acid groups (broad SMARTS) is 1. The van der Waals surface area contributed by atoms with Crippen molar-refractivity contribution in [2.45, 2.75) is 0 Å². The summed E-state index contributed by atoms with van der Waals surface area (Å²) in [6.07, 6.45) is -0.593. The highest BCUT2D eigenvalue weighted by atomic mass is 16.5. The summed E-state index contributed by atoms with van der Waals surface area (Å²) in [6, 6.07) is 0. The van der Waals surface area contributed by atoms with Crippen LogP contribution in [0.15, 0.2) is 25.1 Å². The Hall–Kier alpha value is -1.78. The second-order valence-electron chi connectivity index (χ2n) is 1.76. The van der Waals surface area contributed by atoms with Gasteiger partial charge in [-0.15, -0.1) is 0 Å². The average Bonchev–Trinajstić information content (AvgIpc) is 2.03. The minimum Gasteiger partial charge on any atom is -0.482 e. The predicted octanol–water partition coefficient (Wildman–Crippen LogP) is 0.797. The van der Waals surface area contributed by atoms with Crippen LogP contribution in [0.2, 0.25) is 0 Å². The lowest BCUT2D eigenvalue weighted by molar-refractivity contribution is -0.124. The Balaban J connectivity index is 4.66. The lowest BCUT2D eigenvalue weighted by Gasteiger charge is -2.15. The van der Waals surface area contributed by atoms with Gasteiger partial charge in [0.1, 0.15) is 0 Å². The molecular formula is C7H9NO4. The molecule has 0 atom stereocenters. The van der Waals surface area contributed by atoms with Gasteiger partial charge in [-0.1, -0.05) is 6.58 Å². The molecule has 0 aliphatic rings. The Kier molecular flexibility index (Phi) is 3.55. The molecule has 0 aliphatic carbocycles. The van der Waals surface area contributed by atoms with E-state index in [1.165, 1.54) is 7.11 Å². The standard InChI is InChI=1S/C7H9NO4/c1-4-6(9)8(7(10)11)5(2)12-3/h4H,1-2H2,3H3,(H,10,11). The molecule has 0 rings (SSSR count). The number of ether oxygens (including phenoxy) is 1. The highest BCUT2D eigenvalue weighted by Gasteiger charge is 2.21. The van der Waals surface area contributed by atoms with E-state index >= 15 is 0 Å². The summed E-state index contributed by atoms with van der Waals surface area (Å²) in [5.74, 6) is -1.05. The summed E-state index contributed by atoms with van der Waals surface area (Å²) in [6.45, 7) is 6.35. The number of imide groups is 1. The van der Waals surface area contributed by atoms with Gasteiger partial charge in [0.2, 0.25) is 0 Å². The van der Waals surface area contributed by atoms with Crippen LogP contribution in [0.3, 0.4) is 0 Å². The van der Waals surface area contributed by atoms with Gasteiger partial charge < -0.3 is 9.84 Å². The molecule has 0 saturated carbocycles. The fourth-order valence-electron chi connectivity index (χ4n) is 0.506. The normalized spacial score (nSPS) is 8.42. The van der Waals surface area contributed by atoms with E-state index in [9.17, 15) is 9.59 Å². The zero-order valence-electron chi connectivity index (χ0n) is 6.61. The quantitative estimate of drug-likeness (QED) is 0.503. The number of carbonyl (C=O) groups is 2. The minimum atomic E-state index is -1.45. The van der Waals surface area contributed by atoms with Gasteiger partial charge in [-0.2, -0.15) is 4.90 Å². The molecule has 5 nitrogen and oxygen atoms in total. The number of methoxy groups -OCH3 is 1. The molecule has 0 bridgehead atoms. The molecule has 66 valence electrons. The maximum absolute atomic E-state index is 10.8. The van der Waals surface area contributed by atoms with E-state index < -0.39 is 12.0 Å². The smallest absolute Gasteiger partial charge is 0.421 e. The van der Waals surface area contributed by atoms with Crippen LogP contribution in [0.4, 0.5) is 4.79 Å². The van der Waals surface area contributed by atoms with Crippen molar-refractivity contribution in [1.82, 2.24) is 4.90 Å². The van der Waals surface area contributed by atoms with E-state index in [2.05, 4.69) is 17.9 Å². The molecule has 0 aromatic rings. The summed E-state index contributed by atoms with van der Waals surface area (Å²) in [5, 5.41) is 8.49. The van der Waals surface area contributed by atoms with Crippen molar-refractivity contribution in [3.63, 3.8) is 0 Å². The van der Waals surface area contributed by atoms with Crippen molar-refractivity contribution in [2.24, 2.45) is 0 Å². The highest BCUT2D eigenvalue weighted by Crippen LogP contribution is 2.03. The van der Waals surface area contributed by atoms with Crippen molar-refractivity contribution in [1.29, 1.82) is 0 Å². The monoisotopic (exact) mass is 171 g/mol. The van der Waals surface area contributed by atoms with Crippen LogP contribution in [-0.4, -0.2) is 29.1 Å². The largest absolute Gasteiger partial charge is 0.482 e. The number of carbonyl (C=O) groups excluding carboxylic acids is 1. The molecule has 0 spiro atoms. The first-order valence-corrected chi connectivity index (χ1v) is 2.97. The first kappa shape index (κ1) is 10.2. The van der Waals surface area contributed by atoms with Crippen LogP contribution in [0.25, 0.3) is 0 Å². The number of amides is 2. The van der Waals surface area contributed by atoms with Crippen LogP contribution >= 0.6 is 0 Å². The molecule has 0 fully saturated rings. The van der Waals surface area contributed by atoms with E-state index in [-0.39, 0.29) is 5.88 Å². The molecule has 0 heterocycles. The van der Waals surface area contributed by atoms with Crippen molar-refractivity contribution in [3.8, 4) is 0 Å². The first-order valence-electron chi connectivity index (χ1n) is 2.97. The van der Waals surface area contributed by atoms with E-state index in [4.69, 9.17) is 5.11 Å². The van der Waals surface area contributed by atoms with Crippen molar-refractivity contribution in [3.05, 3.63) is 25.1 Å². The van der Waals surface area contributed by atoms with Crippen molar-refractivity contribution >= 4 is 12.0 Å². The van der Waals surface area contributed by atoms with Gasteiger partial charge in [-0.25, -0.2) is 4.79 Å². The number of hydrogen-bond donors (Lipinski definition) is 1. The summed E-state index contributed by atoms with van der Waals surface area (Å²) < 4.78 is 4.48. The Morgan fingerprint density at radius 1 is 1.58 bits per heavy atom. The fraction of sp³-hybridized carbons (Fsp3) is 0.143. The van der Waals surface area contributed by atoms with Crippen molar-refractivity contribution in [2.75, 3.05) is 7.11 Å². The maximum atomic E-state index is 10.8. The Morgan fingerprint density at radius 2 is 2.08 bits per heavy atom. The molecule has 1 N–H and O–H groups in total. The number of rotatable bonds is 3. The Labute approximate surface area is 69.5 Å². The molecule has 0 aromatic heterocycles. The first-order chi connectivity index (χ1) is 5.54. The van der Waals surface area contributed by atoms with Gasteiger partial charge in [-0.3, -0.25) is 4.79 Å². The fourth-order valence-corrected chi connectivity index (χ4v) is 0.506. The predicted molar refractivity (Wildman–Crippen MR) is 41.2 cm³/mol. The van der Waals surface area contributed by atoms with Crippen molar-refractivity contribution < 1.29 is 19.4 Å². The third-order valence-corrected chi connectivity index (χ3v) is 1.07. The number of hydrogen-bond acceptors (Lipinski definition) is 3. The Morgan fingerprint density at radius 3 is 2.33 bits per heavy atom. The Bertz CT molecular complexity index is 234. The number of nitrogens with zero attached hydrogens (tertiary/aromatic N) is 1. The summed E-state index contributed by atoms with van der Waals surface area (Å²) >= 11 is 0. The molecule has 0 radical (unpaired) electrons. The average molecular weight is 171 g/mol. The molecule has 0 aromatic carbocycles. The molecule has 0 saturated heterocycles. The van der Waals surface area contributed by atoms with Crippen LogP contribution in [-0.2, 0) is 9.53 Å². The zero-order chi connectivity index (χ0) is 9.72. The summed E-state index contributed by atoms with van der Waals surface area (Å²) in [7, 11) is 1.22. The molecule has 5 heteroatoms. The minimum absolute atomic E-state index is 0.257. The SMILES string of the molecule is C=CC(=O)N(C(=C)OC)C(=O)O. The summed E-state index contributed by atoms with van der Waals surface area (Å²) in [4.78, 5) is 21.6. The van der Waals surface area contributed by atoms with Gasteiger partial charge in [0.15, 0.2) is 5.88 Å². The second kappa shape index (κ2) is 4.17. The molecule has 0 unspecified atom stereocenters. The third kappa shape index (κ3) is 2.12. The van der Waals surface area contributed by atoms with Gasteiger partial charge >= 0.3 is 6.09 Å². The van der Waals surface area contributed by atoms with Crippen LogP contribution < -0.4 is 0 Å². The van der Waals surface area contributed by atoms with Crippen LogP contribution in [0.1, 0.15) is 0 Å². The van der Waals surface area contributed by atoms with Crippen LogP contribution in [0, 0.1) is 0 Å². The lowest BCUT2D eigenvalue weighted by atomic mass is 10.5. The van der Waals surface area contributed by atoms with E-state index in [1.54, 1.807) is 0 Å². The third-order valence-electron chi connectivity index (χ3n) is 1.07. The second-order valence-corrected chi connectivity index (χ2v) is 1.76. The van der Waals surface area contributed by atoms with Crippen LogP contribution in [0.5, 0.6) is 0 Å². The zero-order valence-corrected chi connectivity index (χ0v) is 6.61. The van der Waals surface area contributed by atoms with E-state index in [0.717, 1.165) is 6.08 Å². The van der Waals surface area contributed by atoms with Gasteiger partial charge in [-0.05, 0) is 12.7 Å². The highest BCUT2D eigenvalue weighted by molar-refractivity contribution is 5.99. The van der Waals surface area contributed by atoms with E-state index in [0.29, 0.717) is 4.90 Å². The maximum Gasteiger partial charge on any atom is 0.421 e. The van der Waals surface area contributed by atoms with Gasteiger partial charge in [0, 0.05) is 0 Å². The molecular weight excluding hydrogens is 162 g/mol. The molecule has 2 amide bonds. The lowest BCUT2D eigenvalue weighted by Crippen LogP contribution is -2.33. The van der Waals surface area contributed by atoms with Gasteiger partial charge in [0.05, 0.1) is 7.11 Å². The summed E-state index contributed by atoms with van der Waals surface area (Å²) in [5.41, 5.74) is 0.